The minimum atomic E-state index is -4.03. The Labute approximate surface area is 256 Å². The highest BCUT2D eigenvalue weighted by Crippen LogP contribution is 2.38. The molecule has 226 valence electrons. The summed E-state index contributed by atoms with van der Waals surface area (Å²) in [7, 11) is -4.03. The van der Waals surface area contributed by atoms with Crippen molar-refractivity contribution in [3.63, 3.8) is 0 Å². The maximum atomic E-state index is 15.3. The smallest absolute Gasteiger partial charge is 0.263 e. The Morgan fingerprint density at radius 3 is 2.40 bits per heavy atom. The molecule has 0 amide bonds. The van der Waals surface area contributed by atoms with E-state index in [9.17, 15) is 8.42 Å². The highest BCUT2D eigenvalue weighted by atomic mass is 35.5. The number of ether oxygens (including phenoxy) is 1. The molecular weight excluding hydrogens is 589 g/mol. The van der Waals surface area contributed by atoms with Crippen molar-refractivity contribution in [1.82, 2.24) is 9.97 Å². The summed E-state index contributed by atoms with van der Waals surface area (Å²) in [5.74, 6) is 0.0816. The molecule has 1 aliphatic carbocycles. The third-order valence-electron chi connectivity index (χ3n) is 7.41. The lowest BCUT2D eigenvalue weighted by molar-refractivity contribution is 0.410. The van der Waals surface area contributed by atoms with E-state index in [1.54, 1.807) is 30.5 Å². The third-order valence-corrected chi connectivity index (χ3v) is 9.29. The first-order chi connectivity index (χ1) is 20.4. The number of hydrogen-bond acceptors (Lipinski definition) is 7. The van der Waals surface area contributed by atoms with E-state index in [-0.39, 0.29) is 38.9 Å². The topological polar surface area (TPSA) is 119 Å². The van der Waals surface area contributed by atoms with Gasteiger partial charge in [-0.25, -0.2) is 22.8 Å². The first kappa shape index (κ1) is 30.7. The van der Waals surface area contributed by atoms with Gasteiger partial charge in [0.05, 0.1) is 16.4 Å². The summed E-state index contributed by atoms with van der Waals surface area (Å²) >= 11 is 6.06. The van der Waals surface area contributed by atoms with E-state index in [4.69, 9.17) is 27.1 Å². The van der Waals surface area contributed by atoms with Crippen LogP contribution in [0.15, 0.2) is 77.8 Å². The lowest BCUT2D eigenvalue weighted by atomic mass is 9.85. The highest BCUT2D eigenvalue weighted by Gasteiger charge is 2.22. The van der Waals surface area contributed by atoms with Crippen molar-refractivity contribution in [2.75, 3.05) is 10.0 Å². The molecule has 0 spiro atoms. The second-order valence-electron chi connectivity index (χ2n) is 11.8. The summed E-state index contributed by atoms with van der Waals surface area (Å²) < 4.78 is 49.4. The monoisotopic (exact) mass is 623 g/mol. The van der Waals surface area contributed by atoms with E-state index in [0.717, 1.165) is 37.3 Å². The molecule has 4 N–H and O–H groups in total. The van der Waals surface area contributed by atoms with Crippen molar-refractivity contribution in [3.8, 4) is 22.8 Å². The zero-order valence-corrected chi connectivity index (χ0v) is 25.8. The Kier molecular flexibility index (Phi) is 8.91. The minimum Gasteiger partial charge on any atom is -0.454 e. The highest BCUT2D eigenvalue weighted by molar-refractivity contribution is 7.92. The average Bonchev–Trinajstić information content (AvgIpc) is 2.95. The molecule has 5 rings (SSSR count). The molecule has 1 aromatic heterocycles. The number of halogens is 2. The van der Waals surface area contributed by atoms with E-state index < -0.39 is 15.8 Å². The number of anilines is 2. The molecule has 43 heavy (non-hydrogen) atoms. The number of hydrogen-bond donors (Lipinski definition) is 3. The summed E-state index contributed by atoms with van der Waals surface area (Å²) in [6.07, 6.45) is 5.50. The van der Waals surface area contributed by atoms with Crippen LogP contribution in [0.4, 0.5) is 16.0 Å². The minimum absolute atomic E-state index is 0.0308. The van der Waals surface area contributed by atoms with E-state index in [2.05, 4.69) is 35.8 Å². The van der Waals surface area contributed by atoms with Crippen LogP contribution in [0, 0.1) is 5.82 Å². The van der Waals surface area contributed by atoms with Crippen LogP contribution in [0.25, 0.3) is 11.3 Å². The number of benzene rings is 3. The zero-order chi connectivity index (χ0) is 30.8. The predicted octanol–water partition coefficient (Wildman–Crippen LogP) is 7.51. The molecular formula is C32H35ClFN5O3S. The van der Waals surface area contributed by atoms with Crippen molar-refractivity contribution >= 4 is 33.3 Å². The number of sulfonamides is 1. The van der Waals surface area contributed by atoms with Crippen molar-refractivity contribution in [2.24, 2.45) is 5.73 Å². The number of aromatic nitrogens is 2. The normalized spacial score (nSPS) is 17.3. The van der Waals surface area contributed by atoms with Gasteiger partial charge in [-0.3, -0.25) is 4.72 Å². The largest absolute Gasteiger partial charge is 0.454 e. The lowest BCUT2D eigenvalue weighted by Crippen LogP contribution is -2.33. The second-order valence-corrected chi connectivity index (χ2v) is 13.8. The maximum Gasteiger partial charge on any atom is 0.263 e. The van der Waals surface area contributed by atoms with Gasteiger partial charge < -0.3 is 15.8 Å². The fraction of sp³-hybridized carbons (Fsp3) is 0.312. The molecule has 11 heteroatoms. The van der Waals surface area contributed by atoms with Crippen molar-refractivity contribution in [1.29, 1.82) is 0 Å². The molecule has 8 nitrogen and oxygen atoms in total. The summed E-state index contributed by atoms with van der Waals surface area (Å²) in [5.41, 5.74) is 8.28. The first-order valence-electron chi connectivity index (χ1n) is 14.1. The standard InChI is InChI=1S/C32H35ClFN5O3S/c1-32(2,3)20-8-14-28(24(18-20)27-16-17-36-31(38-27)37-22-11-9-21(35)10-12-22)42-29-15-13-23(19-26(29)34)39-43(40,41)30-7-5-4-6-25(30)33/h4-8,13-19,21-22,39H,9-12,35H2,1-3H3,(H,36,37,38). The van der Waals surface area contributed by atoms with Crippen LogP contribution in [0.5, 0.6) is 11.5 Å². The van der Waals surface area contributed by atoms with Gasteiger partial charge >= 0.3 is 0 Å². The van der Waals surface area contributed by atoms with Crippen LogP contribution in [0.1, 0.15) is 52.0 Å². The van der Waals surface area contributed by atoms with E-state index in [0.29, 0.717) is 23.0 Å². The number of nitrogens with zero attached hydrogens (tertiary/aromatic N) is 2. The van der Waals surface area contributed by atoms with Crippen LogP contribution in [0.2, 0.25) is 5.02 Å². The summed E-state index contributed by atoms with van der Waals surface area (Å²) in [6, 6.07) is 17.9. The summed E-state index contributed by atoms with van der Waals surface area (Å²) in [5, 5.41) is 3.49. The van der Waals surface area contributed by atoms with Gasteiger partial charge in [-0.05, 0) is 79.1 Å². The Morgan fingerprint density at radius 1 is 0.977 bits per heavy atom. The van der Waals surface area contributed by atoms with E-state index in [1.807, 2.05) is 12.1 Å². The van der Waals surface area contributed by atoms with Crippen molar-refractivity contribution in [3.05, 3.63) is 89.3 Å². The lowest BCUT2D eigenvalue weighted by Gasteiger charge is -2.27. The van der Waals surface area contributed by atoms with E-state index in [1.165, 1.54) is 24.3 Å². The SMILES string of the molecule is CC(C)(C)c1ccc(Oc2ccc(NS(=O)(=O)c3ccccc3Cl)cc2F)c(-c2ccnc(NC3CCC(N)CC3)n2)c1. The van der Waals surface area contributed by atoms with Crippen LogP contribution in [-0.4, -0.2) is 30.5 Å². The van der Waals surface area contributed by atoms with Crippen LogP contribution >= 0.6 is 11.6 Å². The molecule has 0 atom stereocenters. The van der Waals surface area contributed by atoms with Gasteiger partial charge in [0, 0.05) is 29.9 Å². The molecule has 0 unspecified atom stereocenters. The van der Waals surface area contributed by atoms with Crippen LogP contribution < -0.4 is 20.5 Å². The molecule has 0 radical (unpaired) electrons. The van der Waals surface area contributed by atoms with Crippen molar-refractivity contribution in [2.45, 2.75) is 68.8 Å². The molecule has 1 aliphatic rings. The number of nitrogens with one attached hydrogen (secondary N) is 2. The fourth-order valence-corrected chi connectivity index (χ4v) is 6.52. The van der Waals surface area contributed by atoms with Gasteiger partial charge in [0.15, 0.2) is 11.6 Å². The molecule has 0 aliphatic heterocycles. The fourth-order valence-electron chi connectivity index (χ4n) is 4.95. The van der Waals surface area contributed by atoms with E-state index >= 15 is 4.39 Å². The molecule has 1 heterocycles. The Morgan fingerprint density at radius 2 is 1.70 bits per heavy atom. The average molecular weight is 624 g/mol. The molecule has 4 aromatic rings. The van der Waals surface area contributed by atoms with Gasteiger partial charge in [-0.15, -0.1) is 0 Å². The maximum absolute atomic E-state index is 15.3. The molecule has 0 saturated heterocycles. The van der Waals surface area contributed by atoms with Gasteiger partial charge in [-0.1, -0.05) is 50.6 Å². The first-order valence-corrected chi connectivity index (χ1v) is 16.0. The Hall–Kier alpha value is -3.73. The summed E-state index contributed by atoms with van der Waals surface area (Å²) in [4.78, 5) is 9.10. The summed E-state index contributed by atoms with van der Waals surface area (Å²) in [6.45, 7) is 6.32. The molecule has 0 bridgehead atoms. The quantitative estimate of drug-likeness (QED) is 0.186. The molecule has 3 aromatic carbocycles. The van der Waals surface area contributed by atoms with Gasteiger partial charge in [0.2, 0.25) is 5.95 Å². The molecule has 1 fully saturated rings. The zero-order valence-electron chi connectivity index (χ0n) is 24.3. The van der Waals surface area contributed by atoms with Gasteiger partial charge in [0.1, 0.15) is 10.6 Å². The van der Waals surface area contributed by atoms with Crippen molar-refractivity contribution < 1.29 is 17.5 Å². The Balaban J connectivity index is 1.42. The number of nitrogens with two attached hydrogens (primary N) is 1. The Bertz CT molecular complexity index is 1720. The second kappa shape index (κ2) is 12.5. The van der Waals surface area contributed by atoms with Gasteiger partial charge in [-0.2, -0.15) is 0 Å². The number of rotatable bonds is 8. The van der Waals surface area contributed by atoms with Crippen LogP contribution in [0.3, 0.4) is 0 Å². The predicted molar refractivity (Wildman–Crippen MR) is 169 cm³/mol. The molecule has 1 saturated carbocycles. The van der Waals surface area contributed by atoms with Gasteiger partial charge in [0.25, 0.3) is 10.0 Å². The third kappa shape index (κ3) is 7.44. The van der Waals surface area contributed by atoms with Crippen LogP contribution in [-0.2, 0) is 15.4 Å².